The smallest absolute Gasteiger partial charge is 0.266 e. The molecule has 3 rings (SSSR count). The molecule has 0 bridgehead atoms. The molecule has 0 unspecified atom stereocenters. The molecule has 24 heavy (non-hydrogen) atoms. The zero-order valence-corrected chi connectivity index (χ0v) is 14.4. The van der Waals surface area contributed by atoms with Gasteiger partial charge in [0.05, 0.1) is 10.7 Å². The van der Waals surface area contributed by atoms with Gasteiger partial charge in [-0.25, -0.2) is 9.38 Å². The first kappa shape index (κ1) is 16.7. The van der Waals surface area contributed by atoms with Crippen molar-refractivity contribution in [2.75, 3.05) is 10.7 Å². The Morgan fingerprint density at radius 1 is 1.25 bits per heavy atom. The van der Waals surface area contributed by atoms with E-state index in [1.807, 2.05) is 37.3 Å². The van der Waals surface area contributed by atoms with Crippen LogP contribution in [0.4, 0.5) is 10.1 Å². The lowest BCUT2D eigenvalue weighted by Gasteiger charge is -2.17. The molecule has 1 aliphatic heterocycles. The van der Waals surface area contributed by atoms with Crippen LogP contribution in [0.25, 0.3) is 6.08 Å². The summed E-state index contributed by atoms with van der Waals surface area (Å²) >= 11 is 7.30. The van der Waals surface area contributed by atoms with Crippen molar-refractivity contribution in [3.8, 4) is 0 Å². The number of aliphatic imine (C=N–C) groups is 1. The summed E-state index contributed by atoms with van der Waals surface area (Å²) in [5.74, 6) is -0.0119. The van der Waals surface area contributed by atoms with E-state index in [-0.39, 0.29) is 10.9 Å². The van der Waals surface area contributed by atoms with Crippen LogP contribution in [0.1, 0.15) is 12.5 Å². The molecule has 122 valence electrons. The maximum atomic E-state index is 13.4. The van der Waals surface area contributed by atoms with E-state index < -0.39 is 5.82 Å². The lowest BCUT2D eigenvalue weighted by Crippen LogP contribution is -2.30. The molecule has 0 spiro atoms. The van der Waals surface area contributed by atoms with Gasteiger partial charge < -0.3 is 0 Å². The second-order valence-electron chi connectivity index (χ2n) is 5.01. The number of benzene rings is 2. The van der Waals surface area contributed by atoms with Gasteiger partial charge in [0, 0.05) is 0 Å². The molecular formula is C18H14ClFN2OS. The first-order valence-electron chi connectivity index (χ1n) is 7.38. The van der Waals surface area contributed by atoms with Crippen molar-refractivity contribution >= 4 is 46.2 Å². The molecule has 0 aromatic heterocycles. The fourth-order valence-electron chi connectivity index (χ4n) is 2.28. The van der Waals surface area contributed by atoms with Crippen LogP contribution in [-0.2, 0) is 4.79 Å². The van der Waals surface area contributed by atoms with Gasteiger partial charge in [0.15, 0.2) is 5.17 Å². The molecule has 0 saturated carbocycles. The van der Waals surface area contributed by atoms with Gasteiger partial charge in [-0.15, -0.1) is 0 Å². The van der Waals surface area contributed by atoms with Crippen LogP contribution in [0.2, 0.25) is 5.02 Å². The summed E-state index contributed by atoms with van der Waals surface area (Å²) < 4.78 is 13.4. The standard InChI is InChI=1S/C18H14ClFN2OS/c1-2-24-18-21-16(10-12-6-4-3-5-7-12)17(23)22(18)13-8-9-15(20)14(19)11-13/h3-11H,2H2,1H3. The largest absolute Gasteiger partial charge is 0.283 e. The zero-order chi connectivity index (χ0) is 17.1. The monoisotopic (exact) mass is 360 g/mol. The first-order valence-corrected chi connectivity index (χ1v) is 8.74. The predicted molar refractivity (Wildman–Crippen MR) is 98.9 cm³/mol. The van der Waals surface area contributed by atoms with E-state index in [2.05, 4.69) is 4.99 Å². The van der Waals surface area contributed by atoms with E-state index in [0.717, 1.165) is 11.3 Å². The fourth-order valence-corrected chi connectivity index (χ4v) is 3.19. The molecule has 0 radical (unpaired) electrons. The van der Waals surface area contributed by atoms with Crippen molar-refractivity contribution in [3.05, 3.63) is 70.6 Å². The molecule has 0 atom stereocenters. The SMILES string of the molecule is CCSC1=NC(=Cc2ccccc2)C(=O)N1c1ccc(F)c(Cl)c1. The highest BCUT2D eigenvalue weighted by atomic mass is 35.5. The lowest BCUT2D eigenvalue weighted by atomic mass is 10.2. The number of carbonyl (C=O) groups excluding carboxylic acids is 1. The van der Waals surface area contributed by atoms with Gasteiger partial charge in [0.25, 0.3) is 5.91 Å². The summed E-state index contributed by atoms with van der Waals surface area (Å²) in [5, 5.41) is 0.536. The Balaban J connectivity index is 2.00. The van der Waals surface area contributed by atoms with E-state index in [1.54, 1.807) is 6.08 Å². The van der Waals surface area contributed by atoms with Crippen LogP contribution in [0.5, 0.6) is 0 Å². The van der Waals surface area contributed by atoms with Crippen LogP contribution < -0.4 is 4.90 Å². The van der Waals surface area contributed by atoms with Crippen LogP contribution >= 0.6 is 23.4 Å². The van der Waals surface area contributed by atoms with E-state index in [0.29, 0.717) is 16.6 Å². The second kappa shape index (κ2) is 7.20. The Morgan fingerprint density at radius 2 is 2.00 bits per heavy atom. The van der Waals surface area contributed by atoms with Crippen LogP contribution in [0.15, 0.2) is 59.2 Å². The number of carbonyl (C=O) groups is 1. The Kier molecular flexibility index (Phi) is 5.02. The molecular weight excluding hydrogens is 347 g/mol. The van der Waals surface area contributed by atoms with Gasteiger partial charge in [-0.05, 0) is 35.6 Å². The van der Waals surface area contributed by atoms with Gasteiger partial charge >= 0.3 is 0 Å². The summed E-state index contributed by atoms with van der Waals surface area (Å²) in [7, 11) is 0. The highest BCUT2D eigenvalue weighted by molar-refractivity contribution is 8.14. The minimum atomic E-state index is -0.520. The Labute approximate surface area is 148 Å². The topological polar surface area (TPSA) is 32.7 Å². The van der Waals surface area contributed by atoms with Gasteiger partial charge in [-0.1, -0.05) is 60.6 Å². The van der Waals surface area contributed by atoms with Crippen molar-refractivity contribution in [2.45, 2.75) is 6.92 Å². The number of amides is 1. The molecule has 0 aliphatic carbocycles. The molecule has 1 amide bonds. The Bertz CT molecular complexity index is 836. The molecule has 0 fully saturated rings. The fraction of sp³-hybridized carbons (Fsp3) is 0.111. The number of nitrogens with zero attached hydrogens (tertiary/aromatic N) is 2. The maximum Gasteiger partial charge on any atom is 0.283 e. The van der Waals surface area contributed by atoms with Gasteiger partial charge in [-0.2, -0.15) is 0 Å². The number of rotatable bonds is 3. The molecule has 3 nitrogen and oxygen atoms in total. The van der Waals surface area contributed by atoms with Crippen LogP contribution in [-0.4, -0.2) is 16.8 Å². The van der Waals surface area contributed by atoms with E-state index in [4.69, 9.17) is 11.6 Å². The number of halogens is 2. The van der Waals surface area contributed by atoms with Crippen molar-refractivity contribution in [3.63, 3.8) is 0 Å². The number of hydrogen-bond acceptors (Lipinski definition) is 3. The zero-order valence-electron chi connectivity index (χ0n) is 12.9. The molecule has 0 N–H and O–H groups in total. The molecule has 1 heterocycles. The second-order valence-corrected chi connectivity index (χ2v) is 6.65. The van der Waals surface area contributed by atoms with Crippen molar-refractivity contribution < 1.29 is 9.18 Å². The molecule has 0 saturated heterocycles. The van der Waals surface area contributed by atoms with Crippen molar-refractivity contribution in [1.82, 2.24) is 0 Å². The summed E-state index contributed by atoms with van der Waals surface area (Å²) in [5.41, 5.74) is 1.74. The Hall–Kier alpha value is -2.11. The number of amidine groups is 1. The van der Waals surface area contributed by atoms with E-state index >= 15 is 0 Å². The summed E-state index contributed by atoms with van der Waals surface area (Å²) in [6.45, 7) is 1.98. The molecule has 6 heteroatoms. The number of hydrogen-bond donors (Lipinski definition) is 0. The highest BCUT2D eigenvalue weighted by Crippen LogP contribution is 2.31. The first-order chi connectivity index (χ1) is 11.6. The lowest BCUT2D eigenvalue weighted by molar-refractivity contribution is -0.113. The third-order valence-electron chi connectivity index (χ3n) is 3.37. The number of anilines is 1. The van der Waals surface area contributed by atoms with Gasteiger partial charge in [0.1, 0.15) is 11.5 Å². The molecule has 2 aromatic rings. The van der Waals surface area contributed by atoms with Gasteiger partial charge in [-0.3, -0.25) is 9.69 Å². The van der Waals surface area contributed by atoms with Gasteiger partial charge in [0.2, 0.25) is 0 Å². The van der Waals surface area contributed by atoms with E-state index in [1.165, 1.54) is 34.9 Å². The molecule has 1 aliphatic rings. The highest BCUT2D eigenvalue weighted by Gasteiger charge is 2.31. The van der Waals surface area contributed by atoms with Crippen LogP contribution in [0.3, 0.4) is 0 Å². The minimum Gasteiger partial charge on any atom is -0.266 e. The minimum absolute atomic E-state index is 0.0263. The summed E-state index contributed by atoms with van der Waals surface area (Å²) in [4.78, 5) is 18.7. The molecule has 2 aromatic carbocycles. The maximum absolute atomic E-state index is 13.4. The normalized spacial score (nSPS) is 16.0. The van der Waals surface area contributed by atoms with E-state index in [9.17, 15) is 9.18 Å². The summed E-state index contributed by atoms with van der Waals surface area (Å²) in [6, 6.07) is 13.7. The third kappa shape index (κ3) is 3.37. The number of thioether (sulfide) groups is 1. The average molecular weight is 361 g/mol. The predicted octanol–water partition coefficient (Wildman–Crippen LogP) is 4.98. The van der Waals surface area contributed by atoms with Crippen molar-refractivity contribution in [1.29, 1.82) is 0 Å². The summed E-state index contributed by atoms with van der Waals surface area (Å²) in [6.07, 6.45) is 1.74. The quantitative estimate of drug-likeness (QED) is 0.723. The van der Waals surface area contributed by atoms with Crippen molar-refractivity contribution in [2.24, 2.45) is 4.99 Å². The average Bonchev–Trinajstić information content (AvgIpc) is 2.87. The third-order valence-corrected chi connectivity index (χ3v) is 4.48. The Morgan fingerprint density at radius 3 is 2.67 bits per heavy atom. The van der Waals surface area contributed by atoms with Crippen LogP contribution in [0, 0.1) is 5.82 Å².